The Kier molecular flexibility index (Phi) is 4.20. The Balaban J connectivity index is 2.39. The third-order valence-electron chi connectivity index (χ3n) is 5.27. The maximum atomic E-state index is 11.5. The van der Waals surface area contributed by atoms with Gasteiger partial charge in [-0.1, -0.05) is 24.3 Å². The van der Waals surface area contributed by atoms with E-state index in [0.29, 0.717) is 17.6 Å². The molecule has 2 aliphatic rings. The number of hydrogen-bond donors (Lipinski definition) is 1. The highest BCUT2D eigenvalue weighted by atomic mass is 16.6. The van der Waals surface area contributed by atoms with E-state index in [1.807, 2.05) is 24.3 Å². The van der Waals surface area contributed by atoms with Gasteiger partial charge in [-0.25, -0.2) is 0 Å². The maximum absolute atomic E-state index is 11.5. The van der Waals surface area contributed by atoms with Gasteiger partial charge in [-0.05, 0) is 30.8 Å². The molecule has 0 fully saturated rings. The number of allylic oxidation sites excluding steroid dienone is 4. The molecule has 0 aromatic heterocycles. The number of nitriles is 3. The van der Waals surface area contributed by atoms with Gasteiger partial charge in [0.05, 0.1) is 28.3 Å². The fourth-order valence-corrected chi connectivity index (χ4v) is 4.13. The zero-order valence-corrected chi connectivity index (χ0v) is 13.8. The summed E-state index contributed by atoms with van der Waals surface area (Å²) in [6.45, 7) is 0. The third kappa shape index (κ3) is 2.24. The minimum Gasteiger partial charge on any atom is -0.399 e. The molecule has 26 heavy (non-hydrogen) atoms. The van der Waals surface area contributed by atoms with Gasteiger partial charge in [0, 0.05) is 17.5 Å². The van der Waals surface area contributed by atoms with E-state index in [4.69, 9.17) is 5.73 Å². The Morgan fingerprint density at radius 3 is 2.54 bits per heavy atom. The van der Waals surface area contributed by atoms with Crippen molar-refractivity contribution in [3.8, 4) is 18.2 Å². The molecule has 0 radical (unpaired) electrons. The molecule has 7 nitrogen and oxygen atoms in total. The molecule has 1 aromatic rings. The SMILES string of the molecule is N#CC1=C(N)C(C#N)(C#N)C(c2ccccc2[N+](=O)[O-])C2CCCC=C12. The Hall–Kier alpha value is -3.63. The van der Waals surface area contributed by atoms with Crippen molar-refractivity contribution >= 4 is 5.69 Å². The standard InChI is InChI=1S/C19H15N5O2/c20-9-15-12-5-1-2-6-13(12)17(19(10-21,11-22)18(15)23)14-7-3-4-8-16(14)24(25)26/h3-5,7-8,13,17H,1-2,6,23H2. The second-order valence-corrected chi connectivity index (χ2v) is 6.42. The number of nitrogens with two attached hydrogens (primary N) is 1. The predicted molar refractivity (Wildman–Crippen MR) is 91.7 cm³/mol. The maximum Gasteiger partial charge on any atom is 0.272 e. The molecule has 7 heteroatoms. The van der Waals surface area contributed by atoms with E-state index >= 15 is 0 Å². The van der Waals surface area contributed by atoms with Gasteiger partial charge in [0.2, 0.25) is 0 Å². The van der Waals surface area contributed by atoms with E-state index in [-0.39, 0.29) is 22.9 Å². The topological polar surface area (TPSA) is 141 Å². The molecule has 2 N–H and O–H groups in total. The average Bonchev–Trinajstić information content (AvgIpc) is 2.67. The molecule has 2 atom stereocenters. The Labute approximate surface area is 150 Å². The largest absolute Gasteiger partial charge is 0.399 e. The van der Waals surface area contributed by atoms with E-state index in [1.165, 1.54) is 6.07 Å². The van der Waals surface area contributed by atoms with E-state index in [1.54, 1.807) is 18.2 Å². The molecule has 0 bridgehead atoms. The zero-order chi connectivity index (χ0) is 18.9. The smallest absolute Gasteiger partial charge is 0.272 e. The van der Waals surface area contributed by atoms with Crippen LogP contribution in [0.5, 0.6) is 0 Å². The molecular weight excluding hydrogens is 330 g/mol. The number of nitro groups is 1. The van der Waals surface area contributed by atoms with Crippen LogP contribution >= 0.6 is 0 Å². The van der Waals surface area contributed by atoms with Gasteiger partial charge in [-0.2, -0.15) is 15.8 Å². The summed E-state index contributed by atoms with van der Waals surface area (Å²) in [5.74, 6) is -1.14. The van der Waals surface area contributed by atoms with Crippen molar-refractivity contribution in [2.75, 3.05) is 0 Å². The lowest BCUT2D eigenvalue weighted by atomic mass is 9.56. The fraction of sp³-hybridized carbons (Fsp3) is 0.316. The van der Waals surface area contributed by atoms with Crippen molar-refractivity contribution in [3.05, 3.63) is 62.9 Å². The number of hydrogen-bond acceptors (Lipinski definition) is 6. The predicted octanol–water partition coefficient (Wildman–Crippen LogP) is 3.19. The highest BCUT2D eigenvalue weighted by molar-refractivity contribution is 5.61. The van der Waals surface area contributed by atoms with Gasteiger partial charge >= 0.3 is 0 Å². The van der Waals surface area contributed by atoms with Gasteiger partial charge in [-0.3, -0.25) is 10.1 Å². The highest BCUT2D eigenvalue weighted by Gasteiger charge is 2.55. The van der Waals surface area contributed by atoms with Crippen molar-refractivity contribution in [2.24, 2.45) is 17.1 Å². The summed E-state index contributed by atoms with van der Waals surface area (Å²) >= 11 is 0. The van der Waals surface area contributed by atoms with Crippen LogP contribution in [0.1, 0.15) is 30.7 Å². The quantitative estimate of drug-likeness (QED) is 0.644. The van der Waals surface area contributed by atoms with E-state index in [2.05, 4.69) is 0 Å². The zero-order valence-electron chi connectivity index (χ0n) is 13.8. The normalized spacial score (nSPS) is 23.7. The fourth-order valence-electron chi connectivity index (χ4n) is 4.13. The molecule has 0 amide bonds. The number of benzene rings is 1. The number of para-hydroxylation sites is 1. The van der Waals surface area contributed by atoms with Gasteiger partial charge in [0.1, 0.15) is 6.07 Å². The number of fused-ring (bicyclic) bond motifs is 1. The summed E-state index contributed by atoms with van der Waals surface area (Å²) in [6.07, 6.45) is 4.11. The van der Waals surface area contributed by atoms with E-state index < -0.39 is 16.3 Å². The molecule has 0 saturated heterocycles. The van der Waals surface area contributed by atoms with Crippen molar-refractivity contribution in [1.29, 1.82) is 15.8 Å². The Morgan fingerprint density at radius 1 is 1.23 bits per heavy atom. The molecule has 0 aliphatic heterocycles. The molecule has 2 aliphatic carbocycles. The van der Waals surface area contributed by atoms with Gasteiger partial charge in [0.15, 0.2) is 5.41 Å². The van der Waals surface area contributed by atoms with Crippen molar-refractivity contribution < 1.29 is 4.92 Å². The average molecular weight is 345 g/mol. The van der Waals surface area contributed by atoms with Gasteiger partial charge in [-0.15, -0.1) is 0 Å². The van der Waals surface area contributed by atoms with Crippen LogP contribution in [-0.4, -0.2) is 4.92 Å². The van der Waals surface area contributed by atoms with Crippen molar-refractivity contribution in [2.45, 2.75) is 25.2 Å². The summed E-state index contributed by atoms with van der Waals surface area (Å²) in [5, 5.41) is 40.9. The lowest BCUT2D eigenvalue weighted by Crippen LogP contribution is -2.42. The lowest BCUT2D eigenvalue weighted by Gasteiger charge is -2.43. The molecule has 0 saturated carbocycles. The van der Waals surface area contributed by atoms with Crippen LogP contribution in [0.4, 0.5) is 5.69 Å². The monoisotopic (exact) mass is 345 g/mol. The summed E-state index contributed by atoms with van der Waals surface area (Å²) in [4.78, 5) is 11.0. The first-order valence-corrected chi connectivity index (χ1v) is 8.18. The molecule has 128 valence electrons. The van der Waals surface area contributed by atoms with Crippen molar-refractivity contribution in [3.63, 3.8) is 0 Å². The van der Waals surface area contributed by atoms with E-state index in [0.717, 1.165) is 12.8 Å². The van der Waals surface area contributed by atoms with Crippen molar-refractivity contribution in [1.82, 2.24) is 0 Å². The molecular formula is C19H15N5O2. The van der Waals surface area contributed by atoms with Crippen LogP contribution in [0.3, 0.4) is 0 Å². The van der Waals surface area contributed by atoms with Crippen LogP contribution in [0, 0.1) is 55.4 Å². The van der Waals surface area contributed by atoms with Gasteiger partial charge in [0.25, 0.3) is 5.69 Å². The second-order valence-electron chi connectivity index (χ2n) is 6.42. The van der Waals surface area contributed by atoms with Crippen LogP contribution in [0.25, 0.3) is 0 Å². The van der Waals surface area contributed by atoms with E-state index in [9.17, 15) is 25.9 Å². The highest BCUT2D eigenvalue weighted by Crippen LogP contribution is 2.56. The minimum absolute atomic E-state index is 0.113. The summed E-state index contributed by atoms with van der Waals surface area (Å²) in [7, 11) is 0. The minimum atomic E-state index is -1.82. The number of nitro benzene ring substituents is 1. The first kappa shape index (κ1) is 17.2. The molecule has 2 unspecified atom stereocenters. The summed E-state index contributed by atoms with van der Waals surface area (Å²) < 4.78 is 0. The first-order chi connectivity index (χ1) is 12.5. The van der Waals surface area contributed by atoms with Gasteiger partial charge < -0.3 is 5.73 Å². The third-order valence-corrected chi connectivity index (χ3v) is 5.27. The molecule has 0 spiro atoms. The van der Waals surface area contributed by atoms with Crippen LogP contribution < -0.4 is 5.73 Å². The second kappa shape index (κ2) is 6.35. The Morgan fingerprint density at radius 2 is 1.92 bits per heavy atom. The summed E-state index contributed by atoms with van der Waals surface area (Å²) in [6, 6.07) is 12.1. The first-order valence-electron chi connectivity index (χ1n) is 8.18. The lowest BCUT2D eigenvalue weighted by molar-refractivity contribution is -0.385. The Bertz CT molecular complexity index is 957. The number of nitrogens with zero attached hydrogens (tertiary/aromatic N) is 4. The molecule has 0 heterocycles. The van der Waals surface area contributed by atoms with Crippen LogP contribution in [-0.2, 0) is 0 Å². The number of rotatable bonds is 2. The van der Waals surface area contributed by atoms with Crippen LogP contribution in [0.15, 0.2) is 47.2 Å². The molecule has 1 aromatic carbocycles. The van der Waals surface area contributed by atoms with Crippen LogP contribution in [0.2, 0.25) is 0 Å². The summed E-state index contributed by atoms with van der Waals surface area (Å²) in [5.41, 5.74) is 5.23. The molecule has 3 rings (SSSR count).